The highest BCUT2D eigenvalue weighted by Gasteiger charge is 2.65. The topological polar surface area (TPSA) is 90.2 Å². The van der Waals surface area contributed by atoms with Gasteiger partial charge in [-0.1, -0.05) is 13.0 Å². The molecule has 11 heteroatoms. The molecule has 0 unspecified atom stereocenters. The van der Waals surface area contributed by atoms with E-state index in [0.29, 0.717) is 16.6 Å². The van der Waals surface area contributed by atoms with Crippen LogP contribution in [0, 0.1) is 24.5 Å². The molecule has 0 aliphatic carbocycles. The second kappa shape index (κ2) is 7.93. The molecule has 1 fully saturated rings. The van der Waals surface area contributed by atoms with Gasteiger partial charge in [0.15, 0.2) is 17.2 Å². The van der Waals surface area contributed by atoms with Crippen LogP contribution >= 0.6 is 0 Å². The summed E-state index contributed by atoms with van der Waals surface area (Å²) in [6.07, 6.45) is -6.09. The second-order valence-electron chi connectivity index (χ2n) is 8.62. The van der Waals surface area contributed by atoms with Gasteiger partial charge in [0.05, 0.1) is 18.1 Å². The van der Waals surface area contributed by atoms with Crippen molar-refractivity contribution in [2.24, 2.45) is 11.7 Å². The normalized spacial score (nSPS) is 25.1. The summed E-state index contributed by atoms with van der Waals surface area (Å²) in [7, 11) is 1.11. The van der Waals surface area contributed by atoms with Gasteiger partial charge in [-0.25, -0.2) is 9.37 Å². The van der Waals surface area contributed by atoms with Crippen molar-refractivity contribution in [3.63, 3.8) is 0 Å². The van der Waals surface area contributed by atoms with E-state index in [2.05, 4.69) is 9.97 Å². The van der Waals surface area contributed by atoms with Crippen molar-refractivity contribution < 1.29 is 36.2 Å². The fourth-order valence-electron chi connectivity index (χ4n) is 4.64. The standard InChI is InChI=1S/C23H22F5N3O3/c1-9-7-11(20(29)32)8-14-17(9)31-21(30-14)19-15(10(2)22(3,34-19)23(26,27)28)12-5-6-13(24)16(25)18(12)33-4/h5-8,10,15,19H,1-4H3,(H2,29,32)(H,30,31)/t10-,15-,19+,22+/m0/s1. The van der Waals surface area contributed by atoms with E-state index in [0.717, 1.165) is 20.1 Å². The smallest absolute Gasteiger partial charge is 0.417 e. The minimum Gasteiger partial charge on any atom is -0.493 e. The zero-order valence-electron chi connectivity index (χ0n) is 18.7. The maximum Gasteiger partial charge on any atom is 0.417 e. The number of methoxy groups -OCH3 is 1. The predicted molar refractivity (Wildman–Crippen MR) is 112 cm³/mol. The van der Waals surface area contributed by atoms with Crippen LogP contribution in [0.1, 0.15) is 53.2 Å². The Balaban J connectivity index is 1.93. The number of nitrogens with zero attached hydrogens (tertiary/aromatic N) is 1. The van der Waals surface area contributed by atoms with Gasteiger partial charge in [0.25, 0.3) is 0 Å². The van der Waals surface area contributed by atoms with E-state index in [1.165, 1.54) is 25.1 Å². The average Bonchev–Trinajstić information content (AvgIpc) is 3.30. The summed E-state index contributed by atoms with van der Waals surface area (Å²) in [5.41, 5.74) is 4.30. The van der Waals surface area contributed by atoms with Gasteiger partial charge in [0.2, 0.25) is 11.7 Å². The first-order valence-corrected chi connectivity index (χ1v) is 10.4. The van der Waals surface area contributed by atoms with Crippen LogP contribution in [0.2, 0.25) is 0 Å². The van der Waals surface area contributed by atoms with E-state index in [4.69, 9.17) is 15.2 Å². The molecule has 4 rings (SSSR count). The van der Waals surface area contributed by atoms with E-state index < -0.39 is 53.0 Å². The molecular weight excluding hydrogens is 461 g/mol. The summed E-state index contributed by atoms with van der Waals surface area (Å²) < 4.78 is 81.4. The number of aromatic nitrogens is 2. The summed E-state index contributed by atoms with van der Waals surface area (Å²) in [5, 5.41) is 0. The van der Waals surface area contributed by atoms with Crippen molar-refractivity contribution in [1.82, 2.24) is 9.97 Å². The number of benzene rings is 2. The van der Waals surface area contributed by atoms with E-state index in [9.17, 15) is 26.7 Å². The molecule has 1 aromatic heterocycles. The second-order valence-corrected chi connectivity index (χ2v) is 8.62. The number of H-pyrrole nitrogens is 1. The number of nitrogens with one attached hydrogen (secondary N) is 1. The zero-order valence-corrected chi connectivity index (χ0v) is 18.7. The Labute approximate surface area is 191 Å². The van der Waals surface area contributed by atoms with Gasteiger partial charge >= 0.3 is 6.18 Å². The van der Waals surface area contributed by atoms with Crippen LogP contribution in [0.3, 0.4) is 0 Å². The number of carbonyl (C=O) groups excluding carboxylic acids is 1. The quantitative estimate of drug-likeness (QED) is 0.507. The lowest BCUT2D eigenvalue weighted by Crippen LogP contribution is -2.46. The van der Waals surface area contributed by atoms with E-state index in [1.54, 1.807) is 6.92 Å². The minimum atomic E-state index is -4.77. The maximum atomic E-state index is 14.5. The number of alkyl halides is 3. The van der Waals surface area contributed by atoms with Crippen LogP contribution in [-0.2, 0) is 4.74 Å². The van der Waals surface area contributed by atoms with Crippen LogP contribution in [0.25, 0.3) is 11.0 Å². The highest BCUT2D eigenvalue weighted by Crippen LogP contribution is 2.59. The minimum absolute atomic E-state index is 0.0156. The first-order valence-electron chi connectivity index (χ1n) is 10.4. The van der Waals surface area contributed by atoms with Crippen molar-refractivity contribution in [3.8, 4) is 5.75 Å². The summed E-state index contributed by atoms with van der Waals surface area (Å²) in [6.45, 7) is 3.92. The molecule has 0 spiro atoms. The van der Waals surface area contributed by atoms with E-state index >= 15 is 0 Å². The zero-order chi connectivity index (χ0) is 25.2. The number of carbonyl (C=O) groups is 1. The lowest BCUT2D eigenvalue weighted by atomic mass is 9.77. The Hall–Kier alpha value is -3.21. The van der Waals surface area contributed by atoms with E-state index in [-0.39, 0.29) is 17.0 Å². The number of ether oxygens (including phenoxy) is 2. The number of primary amides is 1. The average molecular weight is 483 g/mol. The molecule has 3 aromatic rings. The van der Waals surface area contributed by atoms with Gasteiger partial charge in [0, 0.05) is 23.0 Å². The van der Waals surface area contributed by atoms with Gasteiger partial charge in [0.1, 0.15) is 11.9 Å². The highest BCUT2D eigenvalue weighted by atomic mass is 19.4. The number of halogens is 5. The Kier molecular flexibility index (Phi) is 5.58. The van der Waals surface area contributed by atoms with Gasteiger partial charge in [-0.15, -0.1) is 0 Å². The predicted octanol–water partition coefficient (Wildman–Crippen LogP) is 5.07. The number of hydrogen-bond donors (Lipinski definition) is 2. The Morgan fingerprint density at radius 2 is 1.94 bits per heavy atom. The summed E-state index contributed by atoms with van der Waals surface area (Å²) >= 11 is 0. The number of rotatable bonds is 4. The molecular formula is C23H22F5N3O3. The van der Waals surface area contributed by atoms with Crippen LogP contribution in [-0.4, -0.2) is 34.8 Å². The maximum absolute atomic E-state index is 14.5. The molecule has 1 amide bonds. The molecule has 6 nitrogen and oxygen atoms in total. The number of aryl methyl sites for hydroxylation is 1. The first kappa shape index (κ1) is 23.9. The molecule has 182 valence electrons. The van der Waals surface area contributed by atoms with Gasteiger partial charge in [-0.05, 0) is 37.6 Å². The highest BCUT2D eigenvalue weighted by molar-refractivity contribution is 5.97. The van der Waals surface area contributed by atoms with Crippen molar-refractivity contribution >= 4 is 16.9 Å². The third-order valence-corrected chi connectivity index (χ3v) is 6.66. The Morgan fingerprint density at radius 1 is 1.26 bits per heavy atom. The summed E-state index contributed by atoms with van der Waals surface area (Å²) in [4.78, 5) is 19.0. The van der Waals surface area contributed by atoms with Crippen molar-refractivity contribution in [2.45, 2.75) is 44.6 Å². The fraction of sp³-hybridized carbons (Fsp3) is 0.391. The monoisotopic (exact) mass is 483 g/mol. The number of aromatic amines is 1. The molecule has 0 saturated carbocycles. The van der Waals surface area contributed by atoms with Crippen LogP contribution in [0.5, 0.6) is 5.75 Å². The molecule has 2 heterocycles. The number of fused-ring (bicyclic) bond motifs is 1. The summed E-state index contributed by atoms with van der Waals surface area (Å²) in [5.74, 6) is -5.98. The fourth-order valence-corrected chi connectivity index (χ4v) is 4.64. The van der Waals surface area contributed by atoms with Gasteiger partial charge in [-0.2, -0.15) is 17.6 Å². The molecule has 1 saturated heterocycles. The molecule has 2 aromatic carbocycles. The molecule has 3 N–H and O–H groups in total. The van der Waals surface area contributed by atoms with E-state index in [1.807, 2.05) is 0 Å². The largest absolute Gasteiger partial charge is 0.493 e. The number of amides is 1. The molecule has 1 aliphatic heterocycles. The van der Waals surface area contributed by atoms with Gasteiger partial charge < -0.3 is 20.2 Å². The lowest BCUT2D eigenvalue weighted by Gasteiger charge is -2.32. The molecule has 4 atom stereocenters. The lowest BCUT2D eigenvalue weighted by molar-refractivity contribution is -0.275. The van der Waals surface area contributed by atoms with Crippen LogP contribution in [0.4, 0.5) is 22.0 Å². The van der Waals surface area contributed by atoms with Crippen molar-refractivity contribution in [1.29, 1.82) is 0 Å². The first-order chi connectivity index (χ1) is 15.8. The molecule has 0 bridgehead atoms. The van der Waals surface area contributed by atoms with Crippen molar-refractivity contribution in [2.75, 3.05) is 7.11 Å². The third kappa shape index (κ3) is 3.49. The molecule has 34 heavy (non-hydrogen) atoms. The summed E-state index contributed by atoms with van der Waals surface area (Å²) in [6, 6.07) is 4.98. The third-order valence-electron chi connectivity index (χ3n) is 6.66. The molecule has 1 aliphatic rings. The molecule has 0 radical (unpaired) electrons. The van der Waals surface area contributed by atoms with Crippen LogP contribution < -0.4 is 10.5 Å². The Morgan fingerprint density at radius 3 is 2.53 bits per heavy atom. The Bertz CT molecular complexity index is 1290. The number of hydrogen-bond acceptors (Lipinski definition) is 4. The van der Waals surface area contributed by atoms with Crippen molar-refractivity contribution in [3.05, 3.63) is 58.4 Å². The number of imidazole rings is 1. The van der Waals surface area contributed by atoms with Crippen LogP contribution in [0.15, 0.2) is 24.3 Å². The SMILES string of the molecule is COc1c([C@H]2[C@H](c3nc4c(C)cc(C(N)=O)cc4[nH]3)O[C@@](C)(C(F)(F)F)[C@H]2C)ccc(F)c1F. The number of nitrogens with two attached hydrogens (primary N) is 1. The van der Waals surface area contributed by atoms with Gasteiger partial charge in [-0.3, -0.25) is 4.79 Å².